The maximum Gasteiger partial charge on any atom is 0.175 e. The summed E-state index contributed by atoms with van der Waals surface area (Å²) in [7, 11) is -2.68. The number of rotatable bonds is 11. The molecule has 0 unspecified atom stereocenters. The lowest BCUT2D eigenvalue weighted by molar-refractivity contribution is 1.11. The van der Waals surface area contributed by atoms with Gasteiger partial charge in [0.15, 0.2) is 8.07 Å². The predicted molar refractivity (Wildman–Crippen MR) is 182 cm³/mol. The Bertz CT molecular complexity index is 1250. The molecule has 0 atom stereocenters. The summed E-state index contributed by atoms with van der Waals surface area (Å²) in [4.78, 5) is 4.18. The Morgan fingerprint density at radius 3 is 1.15 bits per heavy atom. The number of thioether (sulfide) groups is 3. The Hall–Kier alpha value is -2.11. The van der Waals surface area contributed by atoms with E-state index in [1.807, 2.05) is 35.3 Å². The van der Waals surface area contributed by atoms with Gasteiger partial charge in [-0.25, -0.2) is 0 Å². The van der Waals surface area contributed by atoms with E-state index in [0.717, 1.165) is 0 Å². The molecule has 0 N–H and O–H groups in total. The summed E-state index contributed by atoms with van der Waals surface area (Å²) in [5, 5.41) is 5.92. The highest BCUT2D eigenvalue weighted by Crippen LogP contribution is 2.31. The molecular weight excluding hydrogens is 545 g/mol. The van der Waals surface area contributed by atoms with Gasteiger partial charge in [0, 0.05) is 30.4 Å². The third-order valence-electron chi connectivity index (χ3n) is 6.35. The lowest BCUT2D eigenvalue weighted by Gasteiger charge is -2.36. The second-order valence-electron chi connectivity index (χ2n) is 10.5. The molecule has 0 nitrogen and oxygen atoms in total. The van der Waals surface area contributed by atoms with E-state index in [9.17, 15) is 0 Å². The van der Waals surface area contributed by atoms with Crippen molar-refractivity contribution in [2.24, 2.45) is 0 Å². The minimum atomic E-state index is -2.68. The Balaban J connectivity index is 2.16. The average Bonchev–Trinajstić information content (AvgIpc) is 2.91. The van der Waals surface area contributed by atoms with E-state index < -0.39 is 8.07 Å². The van der Waals surface area contributed by atoms with Gasteiger partial charge in [-0.15, -0.1) is 35.3 Å². The summed E-state index contributed by atoms with van der Waals surface area (Å²) < 4.78 is 0. The predicted octanol–water partition coefficient (Wildman–Crippen LogP) is 8.91. The molecular formula is C35H40S3Si. The van der Waals surface area contributed by atoms with E-state index in [1.54, 1.807) is 0 Å². The molecule has 0 aromatic heterocycles. The SMILES string of the molecule is CC(C)Sc1ccccc1[Si](/C=C\c1ccccc1)(c1ccccc1SC(C)C)c1ccccc1SC(C)C. The average molecular weight is 585 g/mol. The van der Waals surface area contributed by atoms with Gasteiger partial charge in [0.1, 0.15) is 0 Å². The summed E-state index contributed by atoms with van der Waals surface area (Å²) in [6.45, 7) is 13.8. The van der Waals surface area contributed by atoms with Gasteiger partial charge in [0.25, 0.3) is 0 Å². The van der Waals surface area contributed by atoms with Crippen molar-refractivity contribution in [2.45, 2.75) is 72.0 Å². The fourth-order valence-electron chi connectivity index (χ4n) is 4.94. The molecule has 0 saturated carbocycles. The normalized spacial score (nSPS) is 12.2. The van der Waals surface area contributed by atoms with Crippen LogP contribution in [0.2, 0.25) is 0 Å². The van der Waals surface area contributed by atoms with Gasteiger partial charge in [-0.1, -0.05) is 138 Å². The third-order valence-corrected chi connectivity index (χ3v) is 14.7. The molecule has 202 valence electrons. The smallest absolute Gasteiger partial charge is 0.123 e. The van der Waals surface area contributed by atoms with Crippen LogP contribution < -0.4 is 15.6 Å². The molecule has 0 aliphatic carbocycles. The number of benzene rings is 4. The maximum absolute atomic E-state index is 2.68. The second-order valence-corrected chi connectivity index (χ2v) is 19.0. The molecule has 4 rings (SSSR count). The van der Waals surface area contributed by atoms with Gasteiger partial charge in [-0.2, -0.15) is 0 Å². The van der Waals surface area contributed by atoms with Crippen LogP contribution in [-0.2, 0) is 0 Å². The molecule has 0 aliphatic rings. The molecule has 0 amide bonds. The van der Waals surface area contributed by atoms with Gasteiger partial charge in [0.2, 0.25) is 0 Å². The largest absolute Gasteiger partial charge is 0.175 e. The monoisotopic (exact) mass is 584 g/mol. The summed E-state index contributed by atoms with van der Waals surface area (Å²) in [5.74, 6) is 0. The standard InChI is InChI=1S/C35H40S3Si/c1-26(2)36-30-18-10-13-21-33(30)39(25-24-29-16-8-7-9-17-29,34-22-14-11-19-31(34)37-27(3)4)35-23-15-12-20-32(35)38-28(5)6/h7-28H,1-6H3/b25-24-. The molecule has 0 saturated heterocycles. The van der Waals surface area contributed by atoms with E-state index >= 15 is 0 Å². The Morgan fingerprint density at radius 2 is 0.795 bits per heavy atom. The van der Waals surface area contributed by atoms with Crippen molar-refractivity contribution < 1.29 is 0 Å². The first kappa shape index (κ1) is 29.9. The van der Waals surface area contributed by atoms with E-state index in [2.05, 4.69) is 156 Å². The van der Waals surface area contributed by atoms with E-state index in [4.69, 9.17) is 0 Å². The highest BCUT2D eigenvalue weighted by atomic mass is 32.2. The fourth-order valence-corrected chi connectivity index (χ4v) is 13.8. The van der Waals surface area contributed by atoms with Gasteiger partial charge in [0.05, 0.1) is 0 Å². The van der Waals surface area contributed by atoms with Crippen molar-refractivity contribution in [3.05, 3.63) is 114 Å². The molecule has 0 aliphatic heterocycles. The minimum Gasteiger partial charge on any atom is -0.123 e. The van der Waals surface area contributed by atoms with E-state index in [1.165, 1.54) is 35.8 Å². The van der Waals surface area contributed by atoms with Crippen molar-refractivity contribution in [1.29, 1.82) is 0 Å². The molecule has 4 heteroatoms. The highest BCUT2D eigenvalue weighted by molar-refractivity contribution is 8.01. The molecule has 4 aromatic carbocycles. The first-order chi connectivity index (χ1) is 18.8. The van der Waals surface area contributed by atoms with Gasteiger partial charge in [-0.3, -0.25) is 0 Å². The molecule has 0 bridgehead atoms. The summed E-state index contributed by atoms with van der Waals surface area (Å²) in [5.41, 5.74) is 3.85. The molecule has 0 spiro atoms. The van der Waals surface area contributed by atoms with Crippen LogP contribution in [0.4, 0.5) is 0 Å². The van der Waals surface area contributed by atoms with Crippen LogP contribution >= 0.6 is 35.3 Å². The molecule has 0 radical (unpaired) electrons. The van der Waals surface area contributed by atoms with E-state index in [-0.39, 0.29) is 0 Å². The van der Waals surface area contributed by atoms with Crippen LogP contribution in [0, 0.1) is 0 Å². The van der Waals surface area contributed by atoms with Gasteiger partial charge >= 0.3 is 0 Å². The van der Waals surface area contributed by atoms with Gasteiger partial charge < -0.3 is 0 Å². The number of hydrogen-bond acceptors (Lipinski definition) is 3. The second kappa shape index (κ2) is 14.0. The van der Waals surface area contributed by atoms with Crippen molar-refractivity contribution >= 4 is 65.0 Å². The summed E-state index contributed by atoms with van der Waals surface area (Å²) in [6.07, 6.45) is 2.39. The quantitative estimate of drug-likeness (QED) is 0.0981. The molecule has 4 aromatic rings. The third kappa shape index (κ3) is 7.35. The van der Waals surface area contributed by atoms with Crippen LogP contribution in [0.25, 0.3) is 6.08 Å². The van der Waals surface area contributed by atoms with Crippen LogP contribution in [-0.4, -0.2) is 23.8 Å². The van der Waals surface area contributed by atoms with Crippen LogP contribution in [0.1, 0.15) is 47.1 Å². The molecule has 0 heterocycles. The first-order valence-electron chi connectivity index (χ1n) is 13.8. The van der Waals surface area contributed by atoms with Crippen molar-refractivity contribution in [3.63, 3.8) is 0 Å². The summed E-state index contributed by atoms with van der Waals surface area (Å²) in [6, 6.07) is 38.4. The van der Waals surface area contributed by atoms with Crippen LogP contribution in [0.3, 0.4) is 0 Å². The van der Waals surface area contributed by atoms with Gasteiger partial charge in [-0.05, 0) is 39.3 Å². The van der Waals surface area contributed by atoms with Crippen LogP contribution in [0.5, 0.6) is 0 Å². The number of hydrogen-bond donors (Lipinski definition) is 0. The van der Waals surface area contributed by atoms with E-state index in [0.29, 0.717) is 15.7 Å². The maximum atomic E-state index is 2.61. The Morgan fingerprint density at radius 1 is 0.462 bits per heavy atom. The zero-order valence-electron chi connectivity index (χ0n) is 23.9. The van der Waals surface area contributed by atoms with Crippen molar-refractivity contribution in [3.8, 4) is 0 Å². The molecule has 0 fully saturated rings. The fraction of sp³-hybridized carbons (Fsp3) is 0.257. The highest BCUT2D eigenvalue weighted by Gasteiger charge is 2.42. The zero-order chi connectivity index (χ0) is 27.8. The summed E-state index contributed by atoms with van der Waals surface area (Å²) >= 11 is 5.97. The van der Waals surface area contributed by atoms with Crippen molar-refractivity contribution in [2.75, 3.05) is 0 Å². The Kier molecular flexibility index (Phi) is 10.7. The van der Waals surface area contributed by atoms with Crippen molar-refractivity contribution in [1.82, 2.24) is 0 Å². The lowest BCUT2D eigenvalue weighted by atomic mass is 10.2. The molecule has 39 heavy (non-hydrogen) atoms. The Labute approximate surface area is 250 Å². The topological polar surface area (TPSA) is 0 Å². The lowest BCUT2D eigenvalue weighted by Crippen LogP contribution is -2.67. The first-order valence-corrected chi connectivity index (χ1v) is 18.6. The zero-order valence-corrected chi connectivity index (χ0v) is 27.4. The minimum absolute atomic E-state index is 0.497. The van der Waals surface area contributed by atoms with Crippen LogP contribution in [0.15, 0.2) is 124 Å².